The summed E-state index contributed by atoms with van der Waals surface area (Å²) in [4.78, 5) is 13.7. The van der Waals surface area contributed by atoms with E-state index in [-0.39, 0.29) is 18.2 Å². The lowest BCUT2D eigenvalue weighted by atomic mass is 10.1. The summed E-state index contributed by atoms with van der Waals surface area (Å²) in [5.41, 5.74) is -3.34. The summed E-state index contributed by atoms with van der Waals surface area (Å²) in [5, 5.41) is 2.70. The maximum Gasteiger partial charge on any atom is 0.501 e. The molecule has 168 valence electrons. The molecule has 0 aromatic heterocycles. The number of carbonyl (C=O) groups excluding carboxylic acids is 1. The van der Waals surface area contributed by atoms with Crippen LogP contribution in [0.25, 0.3) is 0 Å². The summed E-state index contributed by atoms with van der Waals surface area (Å²) in [5.74, 6) is -0.511. The Labute approximate surface area is 178 Å². The minimum atomic E-state index is -5.44. The minimum absolute atomic E-state index is 0.0691. The van der Waals surface area contributed by atoms with E-state index >= 15 is 0 Å². The normalized spacial score (nSPS) is 18.0. The Hall–Kier alpha value is -2.43. The maximum atomic E-state index is 12.6. The number of alkyl halides is 3. The SMILES string of the molecule is CC1CN(Cc2cccc(CNC(=O)c3ccc(S(=O)(=O)C(F)(F)F)cc3)c2)CCO1. The van der Waals surface area contributed by atoms with E-state index in [0.29, 0.717) is 6.61 Å². The van der Waals surface area contributed by atoms with Crippen LogP contribution in [-0.4, -0.2) is 50.5 Å². The van der Waals surface area contributed by atoms with Crippen LogP contribution in [0.15, 0.2) is 53.4 Å². The van der Waals surface area contributed by atoms with Crippen molar-refractivity contribution in [1.82, 2.24) is 10.2 Å². The van der Waals surface area contributed by atoms with Crippen molar-refractivity contribution in [2.75, 3.05) is 19.7 Å². The molecule has 1 amide bonds. The van der Waals surface area contributed by atoms with Crippen molar-refractivity contribution in [3.05, 3.63) is 65.2 Å². The van der Waals surface area contributed by atoms with Crippen molar-refractivity contribution in [3.8, 4) is 0 Å². The average molecular weight is 456 g/mol. The Morgan fingerprint density at radius 1 is 1.16 bits per heavy atom. The first-order valence-electron chi connectivity index (χ1n) is 9.67. The molecule has 1 aliphatic rings. The predicted octanol–water partition coefficient (Wildman–Crippen LogP) is 3.13. The van der Waals surface area contributed by atoms with Crippen molar-refractivity contribution in [2.45, 2.75) is 36.5 Å². The second-order valence-corrected chi connectivity index (χ2v) is 9.33. The van der Waals surface area contributed by atoms with Crippen LogP contribution in [-0.2, 0) is 27.7 Å². The molecule has 1 unspecified atom stereocenters. The molecule has 0 bridgehead atoms. The number of rotatable bonds is 6. The Balaban J connectivity index is 1.59. The second-order valence-electron chi connectivity index (χ2n) is 7.39. The van der Waals surface area contributed by atoms with E-state index < -0.39 is 26.1 Å². The molecule has 1 fully saturated rings. The second kappa shape index (κ2) is 9.37. The number of halogens is 3. The van der Waals surface area contributed by atoms with Gasteiger partial charge >= 0.3 is 5.51 Å². The van der Waals surface area contributed by atoms with Gasteiger partial charge < -0.3 is 10.1 Å². The fourth-order valence-electron chi connectivity index (χ4n) is 3.33. The predicted molar refractivity (Wildman–Crippen MR) is 108 cm³/mol. The van der Waals surface area contributed by atoms with Crippen LogP contribution in [0.4, 0.5) is 13.2 Å². The molecule has 0 aliphatic carbocycles. The van der Waals surface area contributed by atoms with E-state index in [1.54, 1.807) is 0 Å². The molecule has 2 aromatic rings. The first kappa shape index (κ1) is 23.2. The summed E-state index contributed by atoms with van der Waals surface area (Å²) < 4.78 is 66.2. The van der Waals surface area contributed by atoms with Gasteiger partial charge in [-0.05, 0) is 42.3 Å². The summed E-state index contributed by atoms with van der Waals surface area (Å²) in [6.07, 6.45) is 0.189. The highest BCUT2D eigenvalue weighted by molar-refractivity contribution is 7.92. The third kappa shape index (κ3) is 5.84. The van der Waals surface area contributed by atoms with Crippen molar-refractivity contribution in [2.24, 2.45) is 0 Å². The largest absolute Gasteiger partial charge is 0.501 e. The standard InChI is InChI=1S/C21H23F3N2O4S/c1-15-13-26(9-10-30-15)14-17-4-2-3-16(11-17)12-25-20(27)18-5-7-19(8-6-18)31(28,29)21(22,23)24/h2-8,11,15H,9-10,12-14H2,1H3,(H,25,27). The zero-order chi connectivity index (χ0) is 22.6. The van der Waals surface area contributed by atoms with E-state index in [9.17, 15) is 26.4 Å². The van der Waals surface area contributed by atoms with Gasteiger partial charge in [0.25, 0.3) is 15.7 Å². The highest BCUT2D eigenvalue weighted by Crippen LogP contribution is 2.30. The van der Waals surface area contributed by atoms with Crippen LogP contribution < -0.4 is 5.32 Å². The fourth-order valence-corrected chi connectivity index (χ4v) is 4.10. The number of hydrogen-bond donors (Lipinski definition) is 1. The molecule has 1 heterocycles. The van der Waals surface area contributed by atoms with Gasteiger partial charge in [-0.3, -0.25) is 9.69 Å². The molecule has 31 heavy (non-hydrogen) atoms. The molecule has 2 aromatic carbocycles. The van der Waals surface area contributed by atoms with Gasteiger partial charge in [0.15, 0.2) is 0 Å². The van der Waals surface area contributed by atoms with Gasteiger partial charge in [0.1, 0.15) is 0 Å². The van der Waals surface area contributed by atoms with E-state index in [1.165, 1.54) is 0 Å². The molecule has 1 atom stereocenters. The van der Waals surface area contributed by atoms with E-state index in [1.807, 2.05) is 31.2 Å². The van der Waals surface area contributed by atoms with Crippen molar-refractivity contribution in [3.63, 3.8) is 0 Å². The zero-order valence-electron chi connectivity index (χ0n) is 16.9. The lowest BCUT2D eigenvalue weighted by Gasteiger charge is -2.31. The molecule has 0 saturated carbocycles. The van der Waals surface area contributed by atoms with Crippen molar-refractivity contribution >= 4 is 15.7 Å². The number of sulfone groups is 1. The Morgan fingerprint density at radius 3 is 2.48 bits per heavy atom. The topological polar surface area (TPSA) is 75.7 Å². The van der Waals surface area contributed by atoms with Gasteiger partial charge in [-0.1, -0.05) is 24.3 Å². The van der Waals surface area contributed by atoms with Crippen LogP contribution in [0.5, 0.6) is 0 Å². The number of benzene rings is 2. The smallest absolute Gasteiger partial charge is 0.376 e. The van der Waals surface area contributed by atoms with Crippen LogP contribution in [0.2, 0.25) is 0 Å². The molecule has 3 rings (SSSR count). The summed E-state index contributed by atoms with van der Waals surface area (Å²) in [6, 6.07) is 11.4. The molecule has 10 heteroatoms. The average Bonchev–Trinajstić information content (AvgIpc) is 2.71. The quantitative estimate of drug-likeness (QED) is 0.723. The van der Waals surface area contributed by atoms with Crippen LogP contribution >= 0.6 is 0 Å². The highest BCUT2D eigenvalue weighted by atomic mass is 32.2. The molecule has 0 radical (unpaired) electrons. The van der Waals surface area contributed by atoms with Gasteiger partial charge in [0.05, 0.1) is 17.6 Å². The van der Waals surface area contributed by atoms with Crippen molar-refractivity contribution in [1.29, 1.82) is 0 Å². The number of amides is 1. The van der Waals surface area contributed by atoms with Crippen molar-refractivity contribution < 1.29 is 31.1 Å². The monoisotopic (exact) mass is 456 g/mol. The van der Waals surface area contributed by atoms with Crippen LogP contribution in [0.1, 0.15) is 28.4 Å². The maximum absolute atomic E-state index is 12.6. The Morgan fingerprint density at radius 2 is 1.84 bits per heavy atom. The molecule has 1 aliphatic heterocycles. The molecule has 6 nitrogen and oxygen atoms in total. The molecular formula is C21H23F3N2O4S. The summed E-state index contributed by atoms with van der Waals surface area (Å²) in [6.45, 7) is 5.43. The lowest BCUT2D eigenvalue weighted by molar-refractivity contribution is -0.0436. The number of carbonyl (C=O) groups is 1. The summed E-state index contributed by atoms with van der Waals surface area (Å²) >= 11 is 0. The number of hydrogen-bond acceptors (Lipinski definition) is 5. The summed E-state index contributed by atoms with van der Waals surface area (Å²) in [7, 11) is -5.44. The van der Waals surface area contributed by atoms with Gasteiger partial charge in [-0.2, -0.15) is 13.2 Å². The Kier molecular flexibility index (Phi) is 7.03. The molecular weight excluding hydrogens is 433 g/mol. The number of ether oxygens (including phenoxy) is 1. The van der Waals surface area contributed by atoms with E-state index in [0.717, 1.165) is 55.0 Å². The molecule has 1 saturated heterocycles. The van der Waals surface area contributed by atoms with Gasteiger partial charge in [0, 0.05) is 31.7 Å². The number of nitrogens with one attached hydrogen (secondary N) is 1. The zero-order valence-corrected chi connectivity index (χ0v) is 17.7. The van der Waals surface area contributed by atoms with Crippen LogP contribution in [0.3, 0.4) is 0 Å². The number of nitrogens with zero attached hydrogens (tertiary/aromatic N) is 1. The minimum Gasteiger partial charge on any atom is -0.376 e. The molecule has 0 spiro atoms. The third-order valence-electron chi connectivity index (χ3n) is 4.91. The lowest BCUT2D eigenvalue weighted by Crippen LogP contribution is -2.40. The first-order chi connectivity index (χ1) is 14.6. The van der Waals surface area contributed by atoms with E-state index in [4.69, 9.17) is 4.74 Å². The Bertz CT molecular complexity index is 1020. The van der Waals surface area contributed by atoms with E-state index in [2.05, 4.69) is 10.2 Å². The highest BCUT2D eigenvalue weighted by Gasteiger charge is 2.46. The molecule has 1 N–H and O–H groups in total. The fraction of sp³-hybridized carbons (Fsp3) is 0.381. The van der Waals surface area contributed by atoms with Crippen LogP contribution in [0, 0.1) is 0 Å². The first-order valence-corrected chi connectivity index (χ1v) is 11.2. The third-order valence-corrected chi connectivity index (χ3v) is 6.41. The number of morpholine rings is 1. The van der Waals surface area contributed by atoms with Gasteiger partial charge in [0.2, 0.25) is 0 Å². The van der Waals surface area contributed by atoms with Gasteiger partial charge in [-0.25, -0.2) is 8.42 Å². The van der Waals surface area contributed by atoms with Gasteiger partial charge in [-0.15, -0.1) is 0 Å².